The van der Waals surface area contributed by atoms with Crippen molar-refractivity contribution in [1.29, 1.82) is 0 Å². The van der Waals surface area contributed by atoms with Crippen LogP contribution in [0.4, 0.5) is 8.78 Å². The first-order valence-corrected chi connectivity index (χ1v) is 4.48. The number of halogens is 2. The topological polar surface area (TPSA) is 30.2 Å². The van der Waals surface area contributed by atoms with E-state index in [1.807, 2.05) is 0 Å². The monoisotopic (exact) mass is 200 g/mol. The van der Waals surface area contributed by atoms with Gasteiger partial charge in [-0.15, -0.1) is 0 Å². The van der Waals surface area contributed by atoms with Crippen LogP contribution in [-0.4, -0.2) is 12.2 Å². The first-order valence-electron chi connectivity index (χ1n) is 4.48. The molecule has 1 aromatic heterocycles. The van der Waals surface area contributed by atoms with Crippen molar-refractivity contribution in [3.63, 3.8) is 0 Å². The minimum atomic E-state index is -2.45. The Kier molecular flexibility index (Phi) is 2.13. The summed E-state index contributed by atoms with van der Waals surface area (Å²) in [6, 6.07) is 1.62. The van der Waals surface area contributed by atoms with E-state index in [2.05, 4.69) is 0 Å². The molecule has 1 aliphatic rings. The lowest BCUT2D eigenvalue weighted by atomic mass is 9.88. The summed E-state index contributed by atoms with van der Waals surface area (Å²) in [6.07, 6.45) is -2.34. The first-order chi connectivity index (χ1) is 6.58. The quantitative estimate of drug-likeness (QED) is 0.697. The van der Waals surface area contributed by atoms with Gasteiger partial charge in [0.05, 0.1) is 5.56 Å². The number of alkyl halides is 2. The van der Waals surface area contributed by atoms with Crippen LogP contribution in [0.3, 0.4) is 0 Å². The van der Waals surface area contributed by atoms with Gasteiger partial charge in [0.25, 0.3) is 0 Å². The highest BCUT2D eigenvalue weighted by Gasteiger charge is 2.33. The molecule has 76 valence electrons. The predicted octanol–water partition coefficient (Wildman–Crippen LogP) is 2.60. The van der Waals surface area contributed by atoms with Gasteiger partial charge < -0.3 is 4.42 Å². The van der Waals surface area contributed by atoms with E-state index in [4.69, 9.17) is 4.42 Å². The zero-order valence-corrected chi connectivity index (χ0v) is 7.72. The van der Waals surface area contributed by atoms with Crippen molar-refractivity contribution in [2.24, 2.45) is 5.92 Å². The van der Waals surface area contributed by atoms with Gasteiger partial charge in [-0.2, -0.15) is 0 Å². The molecule has 0 saturated carbocycles. The molecule has 0 aromatic carbocycles. The number of hydrogen-bond acceptors (Lipinski definition) is 2. The molecule has 0 N–H and O–H groups in total. The molecule has 4 heteroatoms. The van der Waals surface area contributed by atoms with E-state index in [1.165, 1.54) is 0 Å². The summed E-state index contributed by atoms with van der Waals surface area (Å²) in [5.74, 6) is -0.0729. The van der Waals surface area contributed by atoms with E-state index in [-0.39, 0.29) is 18.6 Å². The van der Waals surface area contributed by atoms with Gasteiger partial charge in [-0.05, 0) is 13.0 Å². The van der Waals surface area contributed by atoms with Gasteiger partial charge in [0, 0.05) is 18.8 Å². The lowest BCUT2D eigenvalue weighted by Gasteiger charge is -2.18. The minimum absolute atomic E-state index is 0.0658. The lowest BCUT2D eigenvalue weighted by molar-refractivity contribution is 0.0570. The SMILES string of the molecule is Cc1cc2c(o1)C[C@@H](C(F)F)CC2=O. The average molecular weight is 200 g/mol. The van der Waals surface area contributed by atoms with Crippen molar-refractivity contribution < 1.29 is 18.0 Å². The molecule has 0 fully saturated rings. The first kappa shape index (κ1) is 9.37. The van der Waals surface area contributed by atoms with Crippen molar-refractivity contribution in [3.05, 3.63) is 23.2 Å². The molecule has 1 aromatic rings. The Hall–Kier alpha value is -1.19. The van der Waals surface area contributed by atoms with Gasteiger partial charge in [-0.25, -0.2) is 8.78 Å². The van der Waals surface area contributed by atoms with E-state index in [0.717, 1.165) is 0 Å². The number of rotatable bonds is 1. The van der Waals surface area contributed by atoms with Crippen LogP contribution < -0.4 is 0 Å². The van der Waals surface area contributed by atoms with Crippen LogP contribution in [0.5, 0.6) is 0 Å². The van der Waals surface area contributed by atoms with Crippen molar-refractivity contribution in [2.75, 3.05) is 0 Å². The Labute approximate surface area is 79.9 Å². The third-order valence-corrected chi connectivity index (χ3v) is 2.48. The van der Waals surface area contributed by atoms with Crippen LogP contribution >= 0.6 is 0 Å². The molecule has 1 aliphatic carbocycles. The molecular weight excluding hydrogens is 190 g/mol. The molecule has 1 atom stereocenters. The highest BCUT2D eigenvalue weighted by atomic mass is 19.3. The summed E-state index contributed by atoms with van der Waals surface area (Å²) in [5.41, 5.74) is 0.486. The van der Waals surface area contributed by atoms with E-state index in [9.17, 15) is 13.6 Å². The smallest absolute Gasteiger partial charge is 0.242 e. The number of ketones is 1. The second kappa shape index (κ2) is 3.19. The van der Waals surface area contributed by atoms with Gasteiger partial charge in [0.1, 0.15) is 11.5 Å². The summed E-state index contributed by atoms with van der Waals surface area (Å²) in [5, 5.41) is 0. The largest absolute Gasteiger partial charge is 0.466 e. The molecule has 0 saturated heterocycles. The Morgan fingerprint density at radius 3 is 2.86 bits per heavy atom. The number of fused-ring (bicyclic) bond motifs is 1. The second-order valence-corrected chi connectivity index (χ2v) is 3.62. The van der Waals surface area contributed by atoms with Crippen LogP contribution in [0, 0.1) is 12.8 Å². The molecule has 0 aliphatic heterocycles. The lowest BCUT2D eigenvalue weighted by Crippen LogP contribution is -2.24. The van der Waals surface area contributed by atoms with Crippen molar-refractivity contribution in [2.45, 2.75) is 26.2 Å². The maximum atomic E-state index is 12.4. The van der Waals surface area contributed by atoms with Gasteiger partial charge in [-0.3, -0.25) is 4.79 Å². The second-order valence-electron chi connectivity index (χ2n) is 3.62. The summed E-state index contributed by atoms with van der Waals surface area (Å²) < 4.78 is 30.0. The number of furan rings is 1. The molecule has 0 bridgehead atoms. The fourth-order valence-corrected chi connectivity index (χ4v) is 1.79. The third-order valence-electron chi connectivity index (χ3n) is 2.48. The summed E-state index contributed by atoms with van der Waals surface area (Å²) >= 11 is 0. The fourth-order valence-electron chi connectivity index (χ4n) is 1.79. The molecule has 1 heterocycles. The van der Waals surface area contributed by atoms with Crippen molar-refractivity contribution in [1.82, 2.24) is 0 Å². The summed E-state index contributed by atoms with van der Waals surface area (Å²) in [4.78, 5) is 11.4. The van der Waals surface area contributed by atoms with Crippen molar-refractivity contribution >= 4 is 5.78 Å². The molecule has 14 heavy (non-hydrogen) atoms. The molecule has 0 spiro atoms. The van der Waals surface area contributed by atoms with Crippen LogP contribution in [0.2, 0.25) is 0 Å². The third kappa shape index (κ3) is 1.45. The van der Waals surface area contributed by atoms with Gasteiger partial charge in [-0.1, -0.05) is 0 Å². The van der Waals surface area contributed by atoms with Gasteiger partial charge >= 0.3 is 0 Å². The zero-order chi connectivity index (χ0) is 10.3. The maximum Gasteiger partial charge on any atom is 0.242 e. The highest BCUT2D eigenvalue weighted by Crippen LogP contribution is 2.31. The molecule has 0 unspecified atom stereocenters. The van der Waals surface area contributed by atoms with Gasteiger partial charge in [0.15, 0.2) is 5.78 Å². The molecule has 0 radical (unpaired) electrons. The Bertz CT molecular complexity index is 368. The molecule has 0 amide bonds. The van der Waals surface area contributed by atoms with Crippen LogP contribution in [0.25, 0.3) is 0 Å². The van der Waals surface area contributed by atoms with Crippen LogP contribution in [0.1, 0.15) is 28.3 Å². The number of hydrogen-bond donors (Lipinski definition) is 0. The Morgan fingerprint density at radius 1 is 1.50 bits per heavy atom. The fraction of sp³-hybridized carbons (Fsp3) is 0.500. The van der Waals surface area contributed by atoms with Crippen LogP contribution in [0.15, 0.2) is 10.5 Å². The zero-order valence-electron chi connectivity index (χ0n) is 7.72. The minimum Gasteiger partial charge on any atom is -0.466 e. The van der Waals surface area contributed by atoms with E-state index < -0.39 is 12.3 Å². The normalized spacial score (nSPS) is 21.4. The molecule has 2 rings (SSSR count). The van der Waals surface area contributed by atoms with Crippen molar-refractivity contribution in [3.8, 4) is 0 Å². The number of carbonyl (C=O) groups is 1. The predicted molar refractivity (Wildman–Crippen MR) is 45.6 cm³/mol. The van der Waals surface area contributed by atoms with E-state index >= 15 is 0 Å². The Balaban J connectivity index is 2.33. The number of aryl methyl sites for hydroxylation is 1. The standard InChI is InChI=1S/C10H10F2O2/c1-5-2-7-8(13)3-6(10(11)12)4-9(7)14-5/h2,6,10H,3-4H2,1H3/t6-/m0/s1. The molecular formula is C10H10F2O2. The van der Waals surface area contributed by atoms with Crippen LogP contribution in [-0.2, 0) is 6.42 Å². The number of carbonyl (C=O) groups excluding carboxylic acids is 1. The highest BCUT2D eigenvalue weighted by molar-refractivity contribution is 5.98. The summed E-state index contributed by atoms with van der Waals surface area (Å²) in [7, 11) is 0. The maximum absolute atomic E-state index is 12.4. The summed E-state index contributed by atoms with van der Waals surface area (Å²) in [6.45, 7) is 1.71. The Morgan fingerprint density at radius 2 is 2.21 bits per heavy atom. The van der Waals surface area contributed by atoms with Gasteiger partial charge in [0.2, 0.25) is 6.43 Å². The average Bonchev–Trinajstić information content (AvgIpc) is 2.45. The number of Topliss-reactive ketones (excluding diaryl/α,β-unsaturated/α-hetero) is 1. The molecule has 2 nitrogen and oxygen atoms in total. The van der Waals surface area contributed by atoms with E-state index in [0.29, 0.717) is 17.1 Å². The van der Waals surface area contributed by atoms with E-state index in [1.54, 1.807) is 13.0 Å².